The minimum absolute atomic E-state index is 1.30. The van der Waals surface area contributed by atoms with Gasteiger partial charge in [-0.1, -0.05) is 72.8 Å². The van der Waals surface area contributed by atoms with Gasteiger partial charge in [0, 0.05) is 19.2 Å². The summed E-state index contributed by atoms with van der Waals surface area (Å²) in [5, 5.41) is 5.20. The molecule has 7 aromatic rings. The molecule has 0 unspecified atom stereocenters. The molecule has 7 rings (SSSR count). The molecule has 0 spiro atoms. The largest absolute Gasteiger partial charge is 0.133 e. The summed E-state index contributed by atoms with van der Waals surface area (Å²) >= 11 is 5.77. The fraction of sp³-hybridized carbons (Fsp3) is 0. The van der Waals surface area contributed by atoms with E-state index in [0.717, 1.165) is 0 Å². The summed E-state index contributed by atoms with van der Waals surface area (Å²) in [6.07, 6.45) is 0. The van der Waals surface area contributed by atoms with Gasteiger partial charge in [0.1, 0.15) is 0 Å². The minimum Gasteiger partial charge on any atom is -0.133 e. The van der Waals surface area contributed by atoms with Crippen LogP contribution in [0.5, 0.6) is 0 Å². The third-order valence-corrected chi connectivity index (χ3v) is 9.76. The highest BCUT2D eigenvalue weighted by Crippen LogP contribution is 2.48. The summed E-state index contributed by atoms with van der Waals surface area (Å²) in [4.78, 5) is 2.71. The van der Waals surface area contributed by atoms with Crippen molar-refractivity contribution in [2.45, 2.75) is 0 Å². The van der Waals surface area contributed by atoms with E-state index < -0.39 is 0 Å². The molecule has 3 heteroatoms. The Balaban J connectivity index is 1.34. The molecule has 3 heterocycles. The number of benzene rings is 4. The van der Waals surface area contributed by atoms with Crippen molar-refractivity contribution in [1.29, 1.82) is 0 Å². The highest BCUT2D eigenvalue weighted by molar-refractivity contribution is 7.40. The molecular weight excluding hydrogens is 433 g/mol. The van der Waals surface area contributed by atoms with Crippen LogP contribution in [0, 0.1) is 0 Å². The van der Waals surface area contributed by atoms with E-state index >= 15 is 0 Å². The lowest BCUT2D eigenvalue weighted by atomic mass is 10.1. The second-order valence-electron chi connectivity index (χ2n) is 7.83. The maximum Gasteiger partial charge on any atom is 0.0636 e. The second-order valence-corrected chi connectivity index (χ2v) is 11.0. The van der Waals surface area contributed by atoms with E-state index in [9.17, 15) is 0 Å². The van der Waals surface area contributed by atoms with Crippen molar-refractivity contribution in [3.05, 3.63) is 97.1 Å². The molecule has 4 aromatic carbocycles. The first-order valence-electron chi connectivity index (χ1n) is 10.3. The average molecular weight is 449 g/mol. The third kappa shape index (κ3) is 2.85. The SMILES string of the molecule is c1ccc2cc(-c3cc4sc5cc(-c6ccc7ccccc7c6)sc5c4s3)ccc2c1. The van der Waals surface area contributed by atoms with Crippen LogP contribution in [-0.2, 0) is 0 Å². The molecule has 0 fully saturated rings. The lowest BCUT2D eigenvalue weighted by Gasteiger charge is -2.01. The Kier molecular flexibility index (Phi) is 3.85. The molecule has 146 valence electrons. The first kappa shape index (κ1) is 17.7. The van der Waals surface area contributed by atoms with Crippen molar-refractivity contribution in [2.75, 3.05) is 0 Å². The van der Waals surface area contributed by atoms with Gasteiger partial charge in [0.25, 0.3) is 0 Å². The Morgan fingerprint density at radius 2 is 0.839 bits per heavy atom. The summed E-state index contributed by atoms with van der Waals surface area (Å²) in [6.45, 7) is 0. The summed E-state index contributed by atoms with van der Waals surface area (Å²) in [5.41, 5.74) is 2.62. The highest BCUT2D eigenvalue weighted by atomic mass is 32.1. The Morgan fingerprint density at radius 1 is 0.387 bits per heavy atom. The Labute approximate surface area is 191 Å². The van der Waals surface area contributed by atoms with Crippen LogP contribution in [0.15, 0.2) is 97.1 Å². The third-order valence-electron chi connectivity index (χ3n) is 5.89. The van der Waals surface area contributed by atoms with Gasteiger partial charge in [0.05, 0.1) is 9.40 Å². The van der Waals surface area contributed by atoms with E-state index in [4.69, 9.17) is 0 Å². The van der Waals surface area contributed by atoms with Crippen LogP contribution < -0.4 is 0 Å². The van der Waals surface area contributed by atoms with Crippen LogP contribution in [0.1, 0.15) is 0 Å². The molecule has 0 aliphatic carbocycles. The first-order chi connectivity index (χ1) is 15.3. The Hall–Kier alpha value is -2.98. The zero-order valence-electron chi connectivity index (χ0n) is 16.5. The predicted octanol–water partition coefficient (Wildman–Crippen LogP) is 9.82. The molecule has 3 aromatic heterocycles. The maximum atomic E-state index is 2.37. The predicted molar refractivity (Wildman–Crippen MR) is 141 cm³/mol. The fourth-order valence-corrected chi connectivity index (χ4v) is 8.32. The van der Waals surface area contributed by atoms with Crippen molar-refractivity contribution in [1.82, 2.24) is 0 Å². The van der Waals surface area contributed by atoms with Crippen molar-refractivity contribution in [3.63, 3.8) is 0 Å². The molecule has 0 aliphatic rings. The van der Waals surface area contributed by atoms with Crippen molar-refractivity contribution < 1.29 is 0 Å². The molecule has 0 amide bonds. The van der Waals surface area contributed by atoms with Crippen molar-refractivity contribution in [2.24, 2.45) is 0 Å². The van der Waals surface area contributed by atoms with Crippen LogP contribution in [0.3, 0.4) is 0 Å². The van der Waals surface area contributed by atoms with E-state index in [1.54, 1.807) is 0 Å². The van der Waals surface area contributed by atoms with E-state index in [0.29, 0.717) is 0 Å². The molecule has 0 saturated carbocycles. The number of hydrogen-bond donors (Lipinski definition) is 0. The summed E-state index contributed by atoms with van der Waals surface area (Å²) in [6, 6.07) is 35.5. The van der Waals surface area contributed by atoms with Gasteiger partial charge in [0.2, 0.25) is 0 Å². The lowest BCUT2D eigenvalue weighted by Crippen LogP contribution is -1.74. The van der Waals surface area contributed by atoms with Gasteiger partial charge in [-0.15, -0.1) is 34.0 Å². The Morgan fingerprint density at radius 3 is 1.32 bits per heavy atom. The molecule has 0 N–H and O–H groups in total. The fourth-order valence-electron chi connectivity index (χ4n) is 4.30. The van der Waals surface area contributed by atoms with Crippen molar-refractivity contribution >= 4 is 74.4 Å². The van der Waals surface area contributed by atoms with Gasteiger partial charge in [0.15, 0.2) is 0 Å². The zero-order valence-corrected chi connectivity index (χ0v) is 18.9. The van der Waals surface area contributed by atoms with Crippen molar-refractivity contribution in [3.8, 4) is 20.9 Å². The monoisotopic (exact) mass is 448 g/mol. The Bertz CT molecular complexity index is 1610. The molecule has 0 aliphatic heterocycles. The van der Waals surface area contributed by atoms with Gasteiger partial charge in [-0.3, -0.25) is 0 Å². The number of thiophene rings is 3. The van der Waals surface area contributed by atoms with Crippen LogP contribution in [0.25, 0.3) is 61.2 Å². The summed E-state index contributed by atoms with van der Waals surface area (Å²) in [5.74, 6) is 0. The number of rotatable bonds is 2. The number of fused-ring (bicyclic) bond motifs is 5. The summed E-state index contributed by atoms with van der Waals surface area (Å²) in [7, 11) is 0. The van der Waals surface area contributed by atoms with E-state index in [-0.39, 0.29) is 0 Å². The lowest BCUT2D eigenvalue weighted by molar-refractivity contribution is 1.74. The van der Waals surface area contributed by atoms with E-state index in [1.807, 2.05) is 34.0 Å². The van der Waals surface area contributed by atoms with Gasteiger partial charge in [-0.2, -0.15) is 0 Å². The molecule has 31 heavy (non-hydrogen) atoms. The minimum atomic E-state index is 1.30. The molecule has 0 saturated heterocycles. The smallest absolute Gasteiger partial charge is 0.0636 e. The zero-order chi connectivity index (χ0) is 20.4. The standard InChI is InChI=1S/C28H16S3/c1-3-7-19-13-21(11-9-17(19)5-1)23-15-25-27(30-23)28-26(29-25)16-24(31-28)22-12-10-18-6-2-4-8-20(18)14-22/h1-16H. The van der Waals surface area contributed by atoms with Gasteiger partial charge < -0.3 is 0 Å². The average Bonchev–Trinajstić information content (AvgIpc) is 3.49. The van der Waals surface area contributed by atoms with Gasteiger partial charge in [-0.05, 0) is 56.9 Å². The maximum absolute atomic E-state index is 2.37. The van der Waals surface area contributed by atoms with Crippen LogP contribution in [-0.4, -0.2) is 0 Å². The van der Waals surface area contributed by atoms with Gasteiger partial charge >= 0.3 is 0 Å². The second kappa shape index (κ2) is 6.76. The van der Waals surface area contributed by atoms with E-state index in [2.05, 4.69) is 97.1 Å². The topological polar surface area (TPSA) is 0 Å². The molecule has 0 radical (unpaired) electrons. The van der Waals surface area contributed by atoms with Gasteiger partial charge in [-0.25, -0.2) is 0 Å². The highest BCUT2D eigenvalue weighted by Gasteiger charge is 2.15. The molecular formula is C28H16S3. The molecule has 0 bridgehead atoms. The normalized spacial score (nSPS) is 11.9. The van der Waals surface area contributed by atoms with Crippen LogP contribution in [0.2, 0.25) is 0 Å². The quantitative estimate of drug-likeness (QED) is 0.247. The van der Waals surface area contributed by atoms with Crippen LogP contribution in [0.4, 0.5) is 0 Å². The molecule has 0 nitrogen and oxygen atoms in total. The number of hydrogen-bond acceptors (Lipinski definition) is 3. The first-order valence-corrected chi connectivity index (χ1v) is 12.7. The van der Waals surface area contributed by atoms with E-state index in [1.165, 1.54) is 61.2 Å². The molecule has 0 atom stereocenters. The summed E-state index contributed by atoms with van der Waals surface area (Å²) < 4.78 is 5.67. The van der Waals surface area contributed by atoms with Crippen LogP contribution >= 0.6 is 34.0 Å².